The summed E-state index contributed by atoms with van der Waals surface area (Å²) in [5.74, 6) is -0.617. The Labute approximate surface area is 138 Å². The number of fused-ring (bicyclic) bond motifs is 1. The van der Waals surface area contributed by atoms with E-state index in [4.69, 9.17) is 0 Å². The van der Waals surface area contributed by atoms with Gasteiger partial charge < -0.3 is 5.11 Å². The number of aliphatic hydroxyl groups is 1. The Morgan fingerprint density at radius 1 is 1.04 bits per heavy atom. The molecule has 23 heavy (non-hydrogen) atoms. The third-order valence-electron chi connectivity index (χ3n) is 4.52. The number of aryl methyl sites for hydroxylation is 1. The Kier molecular flexibility index (Phi) is 5.08. The highest BCUT2D eigenvalue weighted by Gasteiger charge is 2.36. The second-order valence-electron chi connectivity index (χ2n) is 7.14. The van der Waals surface area contributed by atoms with E-state index in [1.165, 1.54) is 0 Å². The van der Waals surface area contributed by atoms with Crippen molar-refractivity contribution < 1.29 is 14.7 Å². The molecule has 0 radical (unpaired) electrons. The summed E-state index contributed by atoms with van der Waals surface area (Å²) in [6, 6.07) is 3.69. The average molecular weight is 314 g/mol. The van der Waals surface area contributed by atoms with E-state index in [0.29, 0.717) is 17.0 Å². The van der Waals surface area contributed by atoms with Crippen LogP contribution in [0.5, 0.6) is 0 Å². The monoisotopic (exact) mass is 314 g/mol. The van der Waals surface area contributed by atoms with Crippen LogP contribution in [0.25, 0.3) is 5.76 Å². The van der Waals surface area contributed by atoms with E-state index in [1.54, 1.807) is 6.07 Å². The fourth-order valence-corrected chi connectivity index (χ4v) is 3.24. The Morgan fingerprint density at radius 3 is 2.26 bits per heavy atom. The predicted molar refractivity (Wildman–Crippen MR) is 92.7 cm³/mol. The van der Waals surface area contributed by atoms with Crippen molar-refractivity contribution in [2.45, 2.75) is 53.9 Å². The van der Waals surface area contributed by atoms with Gasteiger partial charge in [0.2, 0.25) is 11.6 Å². The summed E-state index contributed by atoms with van der Waals surface area (Å²) in [6.45, 7) is 9.94. The summed E-state index contributed by atoms with van der Waals surface area (Å²) >= 11 is 0. The van der Waals surface area contributed by atoms with Crippen molar-refractivity contribution in [1.82, 2.24) is 0 Å². The lowest BCUT2D eigenvalue weighted by molar-refractivity contribution is -0.112. The molecule has 0 aliphatic heterocycles. The standard InChI is InChI=1S/C20H26O3/c1-11(2)7-6-8-14-13(5)9-10-15-17(14)20(23)19(22)16(12(3)4)18(15)21/h9-12,21H,6-8H2,1-5H3. The molecule has 0 spiro atoms. The van der Waals surface area contributed by atoms with Gasteiger partial charge in [0.15, 0.2) is 0 Å². The second-order valence-corrected chi connectivity index (χ2v) is 7.14. The van der Waals surface area contributed by atoms with E-state index in [1.807, 2.05) is 26.8 Å². The molecule has 1 aromatic carbocycles. The minimum absolute atomic E-state index is 0.0234. The SMILES string of the molecule is Cc1ccc2c(c1CCCC(C)C)C(=O)C(=O)C(C(C)C)=C2O. The van der Waals surface area contributed by atoms with Gasteiger partial charge in [-0.15, -0.1) is 0 Å². The number of ketones is 2. The number of hydrogen-bond acceptors (Lipinski definition) is 3. The smallest absolute Gasteiger partial charge is 0.234 e. The van der Waals surface area contributed by atoms with Gasteiger partial charge in [0, 0.05) is 16.7 Å². The van der Waals surface area contributed by atoms with Gasteiger partial charge in [-0.2, -0.15) is 0 Å². The van der Waals surface area contributed by atoms with Crippen LogP contribution in [0.2, 0.25) is 0 Å². The van der Waals surface area contributed by atoms with Gasteiger partial charge in [-0.25, -0.2) is 0 Å². The Bertz CT molecular complexity index is 678. The van der Waals surface area contributed by atoms with Crippen molar-refractivity contribution in [2.24, 2.45) is 11.8 Å². The first-order valence-corrected chi connectivity index (χ1v) is 8.40. The summed E-state index contributed by atoms with van der Waals surface area (Å²) in [7, 11) is 0. The van der Waals surface area contributed by atoms with E-state index in [0.717, 1.165) is 30.4 Å². The highest BCUT2D eigenvalue weighted by Crippen LogP contribution is 2.35. The zero-order chi connectivity index (χ0) is 17.3. The minimum atomic E-state index is -0.555. The molecular weight excluding hydrogens is 288 g/mol. The van der Waals surface area contributed by atoms with Gasteiger partial charge in [-0.05, 0) is 42.7 Å². The maximum Gasteiger partial charge on any atom is 0.234 e. The molecule has 0 atom stereocenters. The number of Topliss-reactive ketones (excluding diaryl/α,β-unsaturated/α-hetero) is 2. The number of hydrogen-bond donors (Lipinski definition) is 1. The molecule has 1 aromatic rings. The fourth-order valence-electron chi connectivity index (χ4n) is 3.24. The van der Waals surface area contributed by atoms with Gasteiger partial charge in [-0.3, -0.25) is 9.59 Å². The van der Waals surface area contributed by atoms with Crippen LogP contribution in [-0.4, -0.2) is 16.7 Å². The zero-order valence-electron chi connectivity index (χ0n) is 14.7. The molecule has 0 saturated heterocycles. The molecule has 0 fully saturated rings. The molecule has 1 aliphatic carbocycles. The van der Waals surface area contributed by atoms with E-state index >= 15 is 0 Å². The van der Waals surface area contributed by atoms with Crippen molar-refractivity contribution in [3.63, 3.8) is 0 Å². The average Bonchev–Trinajstić information content (AvgIpc) is 2.46. The summed E-state index contributed by atoms with van der Waals surface area (Å²) in [4.78, 5) is 25.1. The van der Waals surface area contributed by atoms with Crippen molar-refractivity contribution >= 4 is 17.3 Å². The van der Waals surface area contributed by atoms with Crippen LogP contribution in [0.15, 0.2) is 17.7 Å². The molecule has 3 nitrogen and oxygen atoms in total. The Balaban J connectivity index is 2.54. The lowest BCUT2D eigenvalue weighted by atomic mass is 9.79. The largest absolute Gasteiger partial charge is 0.507 e. The molecule has 0 saturated carbocycles. The zero-order valence-corrected chi connectivity index (χ0v) is 14.7. The molecule has 1 aliphatic rings. The normalized spacial score (nSPS) is 14.9. The van der Waals surface area contributed by atoms with Gasteiger partial charge in [0.1, 0.15) is 5.76 Å². The van der Waals surface area contributed by atoms with Crippen LogP contribution in [-0.2, 0) is 11.2 Å². The molecular formula is C20H26O3. The van der Waals surface area contributed by atoms with Crippen LogP contribution in [0.1, 0.15) is 67.6 Å². The molecule has 0 aromatic heterocycles. The molecule has 3 heteroatoms. The van der Waals surface area contributed by atoms with Crippen molar-refractivity contribution in [1.29, 1.82) is 0 Å². The van der Waals surface area contributed by atoms with Crippen molar-refractivity contribution in [3.05, 3.63) is 40.0 Å². The van der Waals surface area contributed by atoms with Gasteiger partial charge >= 0.3 is 0 Å². The van der Waals surface area contributed by atoms with Crippen molar-refractivity contribution in [2.75, 3.05) is 0 Å². The van der Waals surface area contributed by atoms with E-state index in [-0.39, 0.29) is 17.3 Å². The third-order valence-corrected chi connectivity index (χ3v) is 4.52. The summed E-state index contributed by atoms with van der Waals surface area (Å²) < 4.78 is 0. The van der Waals surface area contributed by atoms with Gasteiger partial charge in [0.25, 0.3) is 0 Å². The summed E-state index contributed by atoms with van der Waals surface area (Å²) in [5, 5.41) is 10.5. The van der Waals surface area contributed by atoms with Gasteiger partial charge in [-0.1, -0.05) is 46.2 Å². The van der Waals surface area contributed by atoms with Crippen LogP contribution in [0.4, 0.5) is 0 Å². The molecule has 124 valence electrons. The Hall–Kier alpha value is -1.90. The van der Waals surface area contributed by atoms with E-state index in [9.17, 15) is 14.7 Å². The quantitative estimate of drug-likeness (QED) is 0.804. The minimum Gasteiger partial charge on any atom is -0.507 e. The molecule has 0 heterocycles. The number of carbonyl (C=O) groups is 2. The summed E-state index contributed by atoms with van der Waals surface area (Å²) in [5.41, 5.74) is 3.09. The summed E-state index contributed by atoms with van der Waals surface area (Å²) in [6.07, 6.45) is 2.80. The van der Waals surface area contributed by atoms with Crippen LogP contribution >= 0.6 is 0 Å². The highest BCUT2D eigenvalue weighted by atomic mass is 16.3. The fraction of sp³-hybridized carbons (Fsp3) is 0.500. The lowest BCUT2D eigenvalue weighted by Crippen LogP contribution is -2.28. The Morgan fingerprint density at radius 2 is 1.70 bits per heavy atom. The van der Waals surface area contributed by atoms with E-state index in [2.05, 4.69) is 13.8 Å². The molecule has 0 unspecified atom stereocenters. The maximum atomic E-state index is 12.7. The van der Waals surface area contributed by atoms with Crippen LogP contribution in [0, 0.1) is 18.8 Å². The van der Waals surface area contributed by atoms with Crippen LogP contribution in [0.3, 0.4) is 0 Å². The number of aliphatic hydroxyl groups excluding tert-OH is 1. The molecule has 1 N–H and O–H groups in total. The first-order chi connectivity index (χ1) is 10.8. The highest BCUT2D eigenvalue weighted by molar-refractivity contribution is 6.52. The third kappa shape index (κ3) is 3.24. The predicted octanol–water partition coefficient (Wildman–Crippen LogP) is 4.66. The molecule has 0 bridgehead atoms. The second kappa shape index (κ2) is 6.69. The van der Waals surface area contributed by atoms with Crippen molar-refractivity contribution in [3.8, 4) is 0 Å². The number of carbonyl (C=O) groups excluding carboxylic acids is 2. The van der Waals surface area contributed by atoms with Gasteiger partial charge in [0.05, 0.1) is 0 Å². The number of benzene rings is 1. The van der Waals surface area contributed by atoms with E-state index < -0.39 is 11.6 Å². The number of allylic oxidation sites excluding steroid dienone is 1. The molecule has 0 amide bonds. The lowest BCUT2D eigenvalue weighted by Gasteiger charge is -2.23. The number of rotatable bonds is 5. The first kappa shape index (κ1) is 17.5. The maximum absolute atomic E-state index is 12.7. The first-order valence-electron chi connectivity index (χ1n) is 8.40. The molecule has 2 rings (SSSR count). The topological polar surface area (TPSA) is 54.4 Å². The van der Waals surface area contributed by atoms with Crippen LogP contribution < -0.4 is 0 Å².